The molecule has 0 spiro atoms. The van der Waals surface area contributed by atoms with Gasteiger partial charge in [-0.2, -0.15) is 0 Å². The summed E-state index contributed by atoms with van der Waals surface area (Å²) < 4.78 is 0. The number of primary amides is 1. The van der Waals surface area contributed by atoms with Crippen molar-refractivity contribution in [3.05, 3.63) is 35.9 Å². The molecule has 0 radical (unpaired) electrons. The zero-order valence-corrected chi connectivity index (χ0v) is 10.3. The van der Waals surface area contributed by atoms with Crippen LogP contribution < -0.4 is 11.1 Å². The van der Waals surface area contributed by atoms with E-state index in [-0.39, 0.29) is 0 Å². The molecule has 0 aromatic heterocycles. The highest BCUT2D eigenvalue weighted by Crippen LogP contribution is 2.33. The number of nitrogens with zero attached hydrogens (tertiary/aromatic N) is 1. The number of nitrogens with two attached hydrogens (primary N) is 1. The van der Waals surface area contributed by atoms with Gasteiger partial charge in [-0.3, -0.25) is 9.69 Å². The maximum absolute atomic E-state index is 11.7. The van der Waals surface area contributed by atoms with Gasteiger partial charge in [0, 0.05) is 26.2 Å². The lowest BCUT2D eigenvalue weighted by atomic mass is 10.0. The summed E-state index contributed by atoms with van der Waals surface area (Å²) in [5.41, 5.74) is 6.23. The van der Waals surface area contributed by atoms with Gasteiger partial charge in [-0.1, -0.05) is 41.9 Å². The minimum atomic E-state index is -1.23. The first-order valence-corrected chi connectivity index (χ1v) is 6.03. The number of nitrogens with one attached hydrogen (secondary N) is 1. The number of carbonyl (C=O) groups excluding carboxylic acids is 1. The van der Waals surface area contributed by atoms with Crippen molar-refractivity contribution in [1.29, 1.82) is 0 Å². The molecule has 1 amide bonds. The molecule has 1 aromatic rings. The van der Waals surface area contributed by atoms with E-state index in [9.17, 15) is 4.79 Å². The molecule has 1 heterocycles. The Bertz CT molecular complexity index is 392. The van der Waals surface area contributed by atoms with Gasteiger partial charge in [0.2, 0.25) is 5.00 Å². The summed E-state index contributed by atoms with van der Waals surface area (Å²) in [7, 11) is 0. The lowest BCUT2D eigenvalue weighted by Crippen LogP contribution is -2.57. The zero-order valence-electron chi connectivity index (χ0n) is 9.53. The van der Waals surface area contributed by atoms with Crippen molar-refractivity contribution in [2.24, 2.45) is 5.73 Å². The first-order valence-electron chi connectivity index (χ1n) is 5.66. The topological polar surface area (TPSA) is 58.4 Å². The van der Waals surface area contributed by atoms with E-state index in [0.717, 1.165) is 18.7 Å². The van der Waals surface area contributed by atoms with Crippen molar-refractivity contribution in [2.45, 2.75) is 5.00 Å². The van der Waals surface area contributed by atoms with Crippen LogP contribution in [0.2, 0.25) is 0 Å². The predicted molar refractivity (Wildman–Crippen MR) is 67.6 cm³/mol. The van der Waals surface area contributed by atoms with Crippen LogP contribution in [0.1, 0.15) is 5.56 Å². The van der Waals surface area contributed by atoms with Crippen molar-refractivity contribution in [3.8, 4) is 0 Å². The van der Waals surface area contributed by atoms with Crippen LogP contribution in [-0.2, 0) is 9.79 Å². The van der Waals surface area contributed by atoms with Crippen molar-refractivity contribution < 1.29 is 4.79 Å². The Labute approximate surface area is 106 Å². The van der Waals surface area contributed by atoms with Crippen molar-refractivity contribution in [1.82, 2.24) is 10.2 Å². The lowest BCUT2D eigenvalue weighted by molar-refractivity contribution is -0.126. The van der Waals surface area contributed by atoms with Crippen LogP contribution >= 0.6 is 11.6 Å². The maximum Gasteiger partial charge on any atom is 0.258 e. The van der Waals surface area contributed by atoms with E-state index >= 15 is 0 Å². The average Bonchev–Trinajstić information content (AvgIpc) is 2.39. The number of alkyl halides is 1. The van der Waals surface area contributed by atoms with Gasteiger partial charge >= 0.3 is 0 Å². The zero-order chi connectivity index (χ0) is 12.3. The number of piperazine rings is 1. The number of carbonyl (C=O) groups is 1. The number of benzene rings is 1. The summed E-state index contributed by atoms with van der Waals surface area (Å²) >= 11 is 6.50. The number of rotatable bonds is 3. The third-order valence-corrected chi connectivity index (χ3v) is 3.68. The van der Waals surface area contributed by atoms with Gasteiger partial charge in [-0.05, 0) is 5.56 Å². The highest BCUT2D eigenvalue weighted by Gasteiger charge is 2.42. The molecule has 2 rings (SSSR count). The van der Waals surface area contributed by atoms with E-state index in [0.29, 0.717) is 13.1 Å². The molecule has 92 valence electrons. The fraction of sp³-hybridized carbons (Fsp3) is 0.417. The Hall–Kier alpha value is -1.10. The molecular formula is C12H16ClN3O. The molecule has 1 aliphatic heterocycles. The van der Waals surface area contributed by atoms with Gasteiger partial charge in [0.25, 0.3) is 5.91 Å². The first kappa shape index (κ1) is 12.4. The molecule has 0 saturated carbocycles. The number of hydrogen-bond acceptors (Lipinski definition) is 3. The monoisotopic (exact) mass is 253 g/mol. The third kappa shape index (κ3) is 2.29. The van der Waals surface area contributed by atoms with Crippen LogP contribution in [0.5, 0.6) is 0 Å². The van der Waals surface area contributed by atoms with E-state index < -0.39 is 10.9 Å². The molecule has 5 heteroatoms. The van der Waals surface area contributed by atoms with Crippen LogP contribution in [0.3, 0.4) is 0 Å². The quantitative estimate of drug-likeness (QED) is 0.608. The highest BCUT2D eigenvalue weighted by molar-refractivity contribution is 6.34. The lowest BCUT2D eigenvalue weighted by Gasteiger charge is -2.39. The van der Waals surface area contributed by atoms with E-state index in [1.54, 1.807) is 0 Å². The predicted octanol–water partition coefficient (Wildman–Crippen LogP) is 0.469. The number of halogens is 1. The van der Waals surface area contributed by atoms with Crippen LogP contribution in [0, 0.1) is 0 Å². The van der Waals surface area contributed by atoms with Crippen molar-refractivity contribution >= 4 is 17.5 Å². The SMILES string of the molecule is NC(=O)C(Cl)(c1ccccc1)N1CCNCC1. The van der Waals surface area contributed by atoms with Crippen LogP contribution in [0.15, 0.2) is 30.3 Å². The van der Waals surface area contributed by atoms with Gasteiger partial charge in [0.15, 0.2) is 0 Å². The van der Waals surface area contributed by atoms with E-state index in [2.05, 4.69) is 5.32 Å². The van der Waals surface area contributed by atoms with E-state index in [1.165, 1.54) is 0 Å². The molecule has 1 aromatic carbocycles. The normalized spacial score (nSPS) is 20.8. The minimum Gasteiger partial charge on any atom is -0.367 e. The molecule has 1 unspecified atom stereocenters. The Morgan fingerprint density at radius 3 is 2.41 bits per heavy atom. The van der Waals surface area contributed by atoms with Gasteiger partial charge in [-0.25, -0.2) is 0 Å². The molecule has 1 fully saturated rings. The van der Waals surface area contributed by atoms with Crippen molar-refractivity contribution in [2.75, 3.05) is 26.2 Å². The van der Waals surface area contributed by atoms with Crippen LogP contribution in [-0.4, -0.2) is 37.0 Å². The van der Waals surface area contributed by atoms with Gasteiger partial charge < -0.3 is 11.1 Å². The highest BCUT2D eigenvalue weighted by atomic mass is 35.5. The summed E-state index contributed by atoms with van der Waals surface area (Å²) in [6, 6.07) is 9.27. The fourth-order valence-electron chi connectivity index (χ4n) is 2.11. The summed E-state index contributed by atoms with van der Waals surface area (Å²) in [4.78, 5) is 12.4. The van der Waals surface area contributed by atoms with E-state index in [4.69, 9.17) is 17.3 Å². The summed E-state index contributed by atoms with van der Waals surface area (Å²) in [6.45, 7) is 3.05. The Balaban J connectivity index is 2.35. The smallest absolute Gasteiger partial charge is 0.258 e. The summed E-state index contributed by atoms with van der Waals surface area (Å²) in [5, 5.41) is 3.22. The first-order chi connectivity index (χ1) is 8.15. The molecule has 1 atom stereocenters. The maximum atomic E-state index is 11.7. The molecule has 0 bridgehead atoms. The minimum absolute atomic E-state index is 0.521. The second-order valence-electron chi connectivity index (χ2n) is 4.09. The van der Waals surface area contributed by atoms with Crippen molar-refractivity contribution in [3.63, 3.8) is 0 Å². The van der Waals surface area contributed by atoms with Crippen LogP contribution in [0.25, 0.3) is 0 Å². The largest absolute Gasteiger partial charge is 0.367 e. The number of amides is 1. The Morgan fingerprint density at radius 2 is 1.88 bits per heavy atom. The molecule has 1 saturated heterocycles. The van der Waals surface area contributed by atoms with Gasteiger partial charge in [-0.15, -0.1) is 0 Å². The standard InChI is InChI=1S/C12H16ClN3O/c13-12(11(14)17,10-4-2-1-3-5-10)16-8-6-15-7-9-16/h1-5,15H,6-9H2,(H2,14,17). The summed E-state index contributed by atoms with van der Waals surface area (Å²) in [6.07, 6.45) is 0. The molecular weight excluding hydrogens is 238 g/mol. The van der Waals surface area contributed by atoms with E-state index in [1.807, 2.05) is 35.2 Å². The molecule has 17 heavy (non-hydrogen) atoms. The molecule has 1 aliphatic rings. The molecule has 3 N–H and O–H groups in total. The fourth-order valence-corrected chi connectivity index (χ4v) is 2.41. The second kappa shape index (κ2) is 5.04. The van der Waals surface area contributed by atoms with Gasteiger partial charge in [0.05, 0.1) is 0 Å². The average molecular weight is 254 g/mol. The van der Waals surface area contributed by atoms with Crippen LogP contribution in [0.4, 0.5) is 0 Å². The molecule has 4 nitrogen and oxygen atoms in total. The summed E-state index contributed by atoms with van der Waals surface area (Å²) in [5.74, 6) is -0.521. The Kier molecular flexibility index (Phi) is 3.66. The Morgan fingerprint density at radius 1 is 1.29 bits per heavy atom. The van der Waals surface area contributed by atoms with Gasteiger partial charge in [0.1, 0.15) is 0 Å². The molecule has 0 aliphatic carbocycles. The third-order valence-electron chi connectivity index (χ3n) is 3.04. The second-order valence-corrected chi connectivity index (χ2v) is 4.64. The number of hydrogen-bond donors (Lipinski definition) is 2.